The average molecular weight is 335 g/mol. The van der Waals surface area contributed by atoms with Gasteiger partial charge in [0.25, 0.3) is 0 Å². The summed E-state index contributed by atoms with van der Waals surface area (Å²) in [6.45, 7) is 26.8. The topological polar surface area (TPSA) is 9.23 Å². The Morgan fingerprint density at radius 2 is 1.05 bits per heavy atom. The van der Waals surface area contributed by atoms with Crippen LogP contribution in [0.25, 0.3) is 0 Å². The van der Waals surface area contributed by atoms with Gasteiger partial charge in [-0.1, -0.05) is 76.7 Å². The van der Waals surface area contributed by atoms with Gasteiger partial charge in [0, 0.05) is 9.75 Å². The Kier molecular flexibility index (Phi) is 7.59. The Balaban J connectivity index is 4.25. The second kappa shape index (κ2) is 7.43. The van der Waals surface area contributed by atoms with Gasteiger partial charge in [-0.15, -0.1) is 0 Å². The van der Waals surface area contributed by atoms with Crippen LogP contribution >= 0.6 is 23.5 Å². The summed E-state index contributed by atoms with van der Waals surface area (Å²) in [4.78, 5) is 1.21. The molecule has 0 N–H and O–H groups in total. The van der Waals surface area contributed by atoms with Gasteiger partial charge in [0.1, 0.15) is 0 Å². The van der Waals surface area contributed by atoms with Crippen molar-refractivity contribution in [1.29, 1.82) is 0 Å². The van der Waals surface area contributed by atoms with E-state index in [9.17, 15) is 0 Å². The molecule has 2 atom stereocenters. The summed E-state index contributed by atoms with van der Waals surface area (Å²) in [5, 5.41) is 1.57. The zero-order valence-electron chi connectivity index (χ0n) is 13.8. The smallest absolute Gasteiger partial charge is 0.154 e. The Bertz CT molecular complexity index is 297. The number of hydrogen-bond acceptors (Lipinski definition) is 3. The lowest BCUT2D eigenvalue weighted by molar-refractivity contribution is 0.378. The van der Waals surface area contributed by atoms with Gasteiger partial charge in [-0.3, -0.25) is 0 Å². The van der Waals surface area contributed by atoms with Crippen molar-refractivity contribution in [2.75, 3.05) is 0 Å². The van der Waals surface area contributed by atoms with Crippen molar-refractivity contribution in [2.45, 2.75) is 62.9 Å². The Morgan fingerprint density at radius 1 is 0.789 bits per heavy atom. The highest BCUT2D eigenvalue weighted by Gasteiger charge is 2.26. The molecule has 0 radical (unpaired) electrons. The van der Waals surface area contributed by atoms with Crippen molar-refractivity contribution in [3.05, 3.63) is 23.3 Å². The van der Waals surface area contributed by atoms with Gasteiger partial charge in [-0.2, -0.15) is 0 Å². The van der Waals surface area contributed by atoms with Crippen LogP contribution in [0.1, 0.15) is 13.8 Å². The van der Waals surface area contributed by atoms with E-state index in [4.69, 9.17) is 4.74 Å². The molecule has 2 unspecified atom stereocenters. The predicted octanol–water partition coefficient (Wildman–Crippen LogP) is 5.94. The molecule has 0 saturated heterocycles. The molecule has 5 heteroatoms. The van der Waals surface area contributed by atoms with Crippen LogP contribution in [0.5, 0.6) is 0 Å². The summed E-state index contributed by atoms with van der Waals surface area (Å²) in [7, 11) is -2.29. The summed E-state index contributed by atoms with van der Waals surface area (Å²) >= 11 is 3.50. The van der Waals surface area contributed by atoms with Gasteiger partial charge < -0.3 is 4.74 Å². The summed E-state index contributed by atoms with van der Waals surface area (Å²) < 4.78 is 5.76. The van der Waals surface area contributed by atoms with Crippen molar-refractivity contribution < 1.29 is 4.74 Å². The normalized spacial score (nSPS) is 15.8. The molecule has 0 aromatic rings. The van der Waals surface area contributed by atoms with E-state index in [0.717, 1.165) is 10.2 Å². The molecule has 1 nitrogen and oxygen atoms in total. The molecule has 112 valence electrons. The van der Waals surface area contributed by atoms with Gasteiger partial charge in [0.05, 0.1) is 16.1 Å². The summed E-state index contributed by atoms with van der Waals surface area (Å²) in [5.41, 5.74) is 0. The van der Waals surface area contributed by atoms with Crippen molar-refractivity contribution in [3.8, 4) is 0 Å². The molecule has 0 aliphatic rings. The average Bonchev–Trinajstić information content (AvgIpc) is 2.13. The molecule has 0 aliphatic carbocycles. The maximum Gasteiger partial charge on any atom is 0.154 e. The molecule has 0 aromatic carbocycles. The predicted molar refractivity (Wildman–Crippen MR) is 100 cm³/mol. The molecule has 0 spiro atoms. The van der Waals surface area contributed by atoms with E-state index in [0.29, 0.717) is 9.75 Å². The van der Waals surface area contributed by atoms with E-state index >= 15 is 0 Å². The number of ether oxygens (including phenoxy) is 1. The summed E-state index contributed by atoms with van der Waals surface area (Å²) in [6, 6.07) is 0. The van der Waals surface area contributed by atoms with Gasteiger partial charge in [0.2, 0.25) is 0 Å². The molecule has 0 fully saturated rings. The molecular formula is C14H30OS2Si2. The van der Waals surface area contributed by atoms with E-state index in [1.165, 1.54) is 0 Å². The van der Waals surface area contributed by atoms with Crippen LogP contribution in [0, 0.1) is 0 Å². The van der Waals surface area contributed by atoms with E-state index in [1.807, 2.05) is 0 Å². The van der Waals surface area contributed by atoms with Gasteiger partial charge in [-0.25, -0.2) is 0 Å². The molecule has 0 bridgehead atoms. The zero-order chi connectivity index (χ0) is 15.4. The third-order valence-electron chi connectivity index (χ3n) is 3.28. The van der Waals surface area contributed by atoms with E-state index in [-0.39, 0.29) is 0 Å². The Morgan fingerprint density at radius 3 is 1.26 bits per heavy atom. The standard InChI is InChI=1S/C14H30OS2Si2/c1-11(16-13(3)18(5,6)7)15-12(2)17-14(4)19(8,9)10/h13-14H,1-2H2,3-10H3. The minimum absolute atomic E-state index is 0.604. The fraction of sp³-hybridized carbons (Fsp3) is 0.714. The van der Waals surface area contributed by atoms with Gasteiger partial charge in [-0.05, 0) is 13.2 Å². The number of hydrogen-bond donors (Lipinski definition) is 0. The molecule has 0 amide bonds. The second-order valence-corrected chi connectivity index (χ2v) is 21.9. The highest BCUT2D eigenvalue weighted by molar-refractivity contribution is 8.06. The van der Waals surface area contributed by atoms with Gasteiger partial charge in [0.15, 0.2) is 10.2 Å². The quantitative estimate of drug-likeness (QED) is 0.401. The molecular weight excluding hydrogens is 304 g/mol. The maximum absolute atomic E-state index is 5.76. The third-order valence-corrected chi connectivity index (χ3v) is 14.5. The van der Waals surface area contributed by atoms with E-state index in [1.54, 1.807) is 23.5 Å². The molecule has 0 heterocycles. The first-order valence-corrected chi connectivity index (χ1v) is 15.6. The van der Waals surface area contributed by atoms with E-state index in [2.05, 4.69) is 66.3 Å². The lowest BCUT2D eigenvalue weighted by Gasteiger charge is -2.27. The molecule has 19 heavy (non-hydrogen) atoms. The fourth-order valence-electron chi connectivity index (χ4n) is 0.923. The first-order valence-electron chi connectivity index (χ1n) is 6.73. The van der Waals surface area contributed by atoms with Crippen molar-refractivity contribution >= 4 is 39.7 Å². The summed E-state index contributed by atoms with van der Waals surface area (Å²) in [6.07, 6.45) is 0. The Labute approximate surface area is 130 Å². The highest BCUT2D eigenvalue weighted by atomic mass is 32.2. The molecule has 0 aromatic heterocycles. The van der Waals surface area contributed by atoms with Crippen molar-refractivity contribution in [1.82, 2.24) is 0 Å². The van der Waals surface area contributed by atoms with Crippen LogP contribution in [0.15, 0.2) is 23.3 Å². The zero-order valence-corrected chi connectivity index (χ0v) is 17.4. The minimum atomic E-state index is -1.14. The first-order chi connectivity index (χ1) is 8.34. The largest absolute Gasteiger partial charge is 0.445 e. The van der Waals surface area contributed by atoms with Crippen LogP contribution in [0.4, 0.5) is 0 Å². The summed E-state index contributed by atoms with van der Waals surface area (Å²) in [5.74, 6) is 0. The SMILES string of the molecule is C=C(OC(=C)SC(C)[Si](C)(C)C)SC(C)[Si](C)(C)C. The molecule has 0 aliphatic heterocycles. The number of rotatable bonds is 8. The minimum Gasteiger partial charge on any atom is -0.445 e. The maximum atomic E-state index is 5.76. The van der Waals surface area contributed by atoms with Crippen LogP contribution in [-0.2, 0) is 4.74 Å². The van der Waals surface area contributed by atoms with Crippen molar-refractivity contribution in [2.24, 2.45) is 0 Å². The molecule has 0 rings (SSSR count). The number of thioether (sulfide) groups is 2. The first kappa shape index (κ1) is 19.4. The fourth-order valence-corrected chi connectivity index (χ4v) is 5.68. The lowest BCUT2D eigenvalue weighted by Crippen LogP contribution is -2.33. The van der Waals surface area contributed by atoms with Crippen molar-refractivity contribution in [3.63, 3.8) is 0 Å². The van der Waals surface area contributed by atoms with Crippen LogP contribution in [0.3, 0.4) is 0 Å². The van der Waals surface area contributed by atoms with Crippen LogP contribution in [-0.4, -0.2) is 25.9 Å². The van der Waals surface area contributed by atoms with Crippen LogP contribution in [0.2, 0.25) is 39.3 Å². The van der Waals surface area contributed by atoms with Crippen LogP contribution < -0.4 is 0 Å². The molecule has 0 saturated carbocycles. The third kappa shape index (κ3) is 8.32. The second-order valence-electron chi connectivity index (χ2n) is 7.10. The monoisotopic (exact) mass is 334 g/mol. The van der Waals surface area contributed by atoms with Gasteiger partial charge >= 0.3 is 0 Å². The highest BCUT2D eigenvalue weighted by Crippen LogP contribution is 2.34. The Hall–Kier alpha value is 0.414. The lowest BCUT2D eigenvalue weighted by atomic mass is 10.9. The van der Waals surface area contributed by atoms with E-state index < -0.39 is 16.1 Å².